The molecule has 86 valence electrons. The van der Waals surface area contributed by atoms with Crippen LogP contribution < -0.4 is 5.73 Å². The molecule has 1 heterocycles. The number of aromatic nitrogens is 2. The van der Waals surface area contributed by atoms with E-state index in [1.54, 1.807) is 24.5 Å². The third-order valence-electron chi connectivity index (χ3n) is 2.13. The minimum absolute atomic E-state index is 0.0596. The van der Waals surface area contributed by atoms with Crippen molar-refractivity contribution >= 4 is 27.3 Å². The number of halogens is 1. The SMILES string of the molecule is Nc1c(-c2ncccn2)cc(Br)cc1[N+](=O)[O-]. The molecule has 0 atom stereocenters. The second kappa shape index (κ2) is 4.46. The summed E-state index contributed by atoms with van der Waals surface area (Å²) in [5, 5.41) is 10.8. The van der Waals surface area contributed by atoms with E-state index in [1.165, 1.54) is 6.07 Å². The van der Waals surface area contributed by atoms with Crippen molar-refractivity contribution in [3.8, 4) is 11.4 Å². The Kier molecular flexibility index (Phi) is 3.01. The van der Waals surface area contributed by atoms with E-state index in [4.69, 9.17) is 5.73 Å². The average molecular weight is 295 g/mol. The Bertz CT molecular complexity index is 574. The Hall–Kier alpha value is -2.02. The number of hydrogen-bond acceptors (Lipinski definition) is 5. The van der Waals surface area contributed by atoms with Gasteiger partial charge in [0.15, 0.2) is 5.82 Å². The van der Waals surface area contributed by atoms with Crippen molar-refractivity contribution in [1.29, 1.82) is 0 Å². The van der Waals surface area contributed by atoms with Gasteiger partial charge in [-0.05, 0) is 12.1 Å². The van der Waals surface area contributed by atoms with Crippen LogP contribution in [0.15, 0.2) is 35.1 Å². The molecular weight excluding hydrogens is 288 g/mol. The van der Waals surface area contributed by atoms with Gasteiger partial charge in [-0.2, -0.15) is 0 Å². The lowest BCUT2D eigenvalue weighted by atomic mass is 10.1. The fourth-order valence-electron chi connectivity index (χ4n) is 1.38. The molecule has 0 amide bonds. The predicted octanol–water partition coefficient (Wildman–Crippen LogP) is 2.40. The van der Waals surface area contributed by atoms with Crippen molar-refractivity contribution in [3.63, 3.8) is 0 Å². The highest BCUT2D eigenvalue weighted by Crippen LogP contribution is 2.34. The molecule has 0 spiro atoms. The smallest absolute Gasteiger partial charge is 0.293 e. The van der Waals surface area contributed by atoms with Crippen LogP contribution >= 0.6 is 15.9 Å². The standard InChI is InChI=1S/C10H7BrN4O2/c11-6-4-7(10-13-2-1-3-14-10)9(12)8(5-6)15(16)17/h1-5H,12H2. The van der Waals surface area contributed by atoms with E-state index < -0.39 is 4.92 Å². The first-order chi connectivity index (χ1) is 8.09. The molecule has 0 saturated heterocycles. The van der Waals surface area contributed by atoms with E-state index in [0.29, 0.717) is 15.9 Å². The Morgan fingerprint density at radius 2 is 1.94 bits per heavy atom. The zero-order valence-electron chi connectivity index (χ0n) is 8.50. The summed E-state index contributed by atoms with van der Waals surface area (Å²) in [5.41, 5.74) is 6.07. The number of benzene rings is 1. The Morgan fingerprint density at radius 3 is 2.53 bits per heavy atom. The third-order valence-corrected chi connectivity index (χ3v) is 2.58. The summed E-state index contributed by atoms with van der Waals surface area (Å²) in [6.45, 7) is 0. The average Bonchev–Trinajstić information content (AvgIpc) is 2.32. The van der Waals surface area contributed by atoms with Crippen molar-refractivity contribution in [2.24, 2.45) is 0 Å². The van der Waals surface area contributed by atoms with E-state index in [1.807, 2.05) is 0 Å². The minimum Gasteiger partial charge on any atom is -0.393 e. The Balaban J connectivity index is 2.67. The summed E-state index contributed by atoms with van der Waals surface area (Å²) in [5.74, 6) is 0.356. The molecule has 0 saturated carbocycles. The Morgan fingerprint density at radius 1 is 1.29 bits per heavy atom. The number of nitrogens with zero attached hydrogens (tertiary/aromatic N) is 3. The van der Waals surface area contributed by atoms with Gasteiger partial charge in [0.2, 0.25) is 0 Å². The molecule has 2 aromatic rings. The van der Waals surface area contributed by atoms with Gasteiger partial charge in [-0.3, -0.25) is 10.1 Å². The number of nitro groups is 1. The number of nitrogens with two attached hydrogens (primary N) is 1. The van der Waals surface area contributed by atoms with Crippen molar-refractivity contribution in [2.75, 3.05) is 5.73 Å². The van der Waals surface area contributed by atoms with Gasteiger partial charge in [0.05, 0.1) is 10.5 Å². The molecule has 0 bridgehead atoms. The fourth-order valence-corrected chi connectivity index (χ4v) is 1.82. The van der Waals surface area contributed by atoms with Crippen molar-refractivity contribution < 1.29 is 4.92 Å². The highest BCUT2D eigenvalue weighted by atomic mass is 79.9. The van der Waals surface area contributed by atoms with E-state index in [-0.39, 0.29) is 11.4 Å². The van der Waals surface area contributed by atoms with Gasteiger partial charge in [-0.25, -0.2) is 9.97 Å². The van der Waals surface area contributed by atoms with E-state index in [0.717, 1.165) is 0 Å². The molecule has 7 heteroatoms. The van der Waals surface area contributed by atoms with Gasteiger partial charge < -0.3 is 5.73 Å². The Labute approximate surface area is 105 Å². The van der Waals surface area contributed by atoms with Crippen molar-refractivity contribution in [1.82, 2.24) is 9.97 Å². The normalized spacial score (nSPS) is 10.2. The first-order valence-electron chi connectivity index (χ1n) is 4.60. The summed E-state index contributed by atoms with van der Waals surface area (Å²) in [6, 6.07) is 4.66. The maximum Gasteiger partial charge on any atom is 0.293 e. The molecule has 1 aromatic carbocycles. The highest BCUT2D eigenvalue weighted by molar-refractivity contribution is 9.10. The molecule has 6 nitrogen and oxygen atoms in total. The topological polar surface area (TPSA) is 94.9 Å². The summed E-state index contributed by atoms with van der Waals surface area (Å²) < 4.78 is 0.556. The summed E-state index contributed by atoms with van der Waals surface area (Å²) >= 11 is 3.20. The number of anilines is 1. The molecule has 0 aliphatic heterocycles. The molecule has 17 heavy (non-hydrogen) atoms. The first-order valence-corrected chi connectivity index (χ1v) is 5.39. The van der Waals surface area contributed by atoms with Gasteiger partial charge in [-0.15, -0.1) is 0 Å². The molecule has 0 aliphatic carbocycles. The van der Waals surface area contributed by atoms with Crippen LogP contribution in [0.1, 0.15) is 0 Å². The predicted molar refractivity (Wildman–Crippen MR) is 66.2 cm³/mol. The lowest BCUT2D eigenvalue weighted by Gasteiger charge is -2.05. The van der Waals surface area contributed by atoms with E-state index in [9.17, 15) is 10.1 Å². The quantitative estimate of drug-likeness (QED) is 0.521. The first kappa shape index (κ1) is 11.5. The van der Waals surface area contributed by atoms with Crippen LogP contribution in [-0.2, 0) is 0 Å². The van der Waals surface area contributed by atoms with Crippen LogP contribution in [0.4, 0.5) is 11.4 Å². The molecular formula is C10H7BrN4O2. The highest BCUT2D eigenvalue weighted by Gasteiger charge is 2.18. The number of hydrogen-bond donors (Lipinski definition) is 1. The van der Waals surface area contributed by atoms with Gasteiger partial charge in [0.1, 0.15) is 5.69 Å². The van der Waals surface area contributed by atoms with Crippen LogP contribution in [0.2, 0.25) is 0 Å². The molecule has 0 unspecified atom stereocenters. The molecule has 2 rings (SSSR count). The van der Waals surface area contributed by atoms with Crippen molar-refractivity contribution in [3.05, 3.63) is 45.2 Å². The maximum absolute atomic E-state index is 10.8. The molecule has 0 aliphatic rings. The van der Waals surface area contributed by atoms with Gasteiger partial charge in [-0.1, -0.05) is 15.9 Å². The van der Waals surface area contributed by atoms with Crippen LogP contribution in [0.25, 0.3) is 11.4 Å². The molecule has 2 N–H and O–H groups in total. The van der Waals surface area contributed by atoms with Crippen LogP contribution in [0, 0.1) is 10.1 Å². The monoisotopic (exact) mass is 294 g/mol. The molecule has 0 fully saturated rings. The lowest BCUT2D eigenvalue weighted by Crippen LogP contribution is -2.00. The maximum atomic E-state index is 10.8. The number of nitro benzene ring substituents is 1. The van der Waals surface area contributed by atoms with E-state index in [2.05, 4.69) is 25.9 Å². The third kappa shape index (κ3) is 2.23. The van der Waals surface area contributed by atoms with Crippen molar-refractivity contribution in [2.45, 2.75) is 0 Å². The summed E-state index contributed by atoms with van der Waals surface area (Å²) in [4.78, 5) is 18.3. The summed E-state index contributed by atoms with van der Waals surface area (Å²) in [7, 11) is 0. The second-order valence-electron chi connectivity index (χ2n) is 3.22. The fraction of sp³-hybridized carbons (Fsp3) is 0. The minimum atomic E-state index is -0.535. The van der Waals surface area contributed by atoms with Gasteiger partial charge in [0.25, 0.3) is 5.69 Å². The van der Waals surface area contributed by atoms with Gasteiger partial charge in [0, 0.05) is 22.9 Å². The molecule has 0 radical (unpaired) electrons. The number of rotatable bonds is 2. The molecule has 1 aromatic heterocycles. The lowest BCUT2D eigenvalue weighted by molar-refractivity contribution is -0.383. The number of nitrogen functional groups attached to an aromatic ring is 1. The van der Waals surface area contributed by atoms with Crippen LogP contribution in [0.3, 0.4) is 0 Å². The van der Waals surface area contributed by atoms with Gasteiger partial charge >= 0.3 is 0 Å². The zero-order chi connectivity index (χ0) is 12.4. The van der Waals surface area contributed by atoms with Crippen LogP contribution in [-0.4, -0.2) is 14.9 Å². The zero-order valence-corrected chi connectivity index (χ0v) is 10.1. The second-order valence-corrected chi connectivity index (χ2v) is 4.13. The van der Waals surface area contributed by atoms with Crippen LogP contribution in [0.5, 0.6) is 0 Å². The van der Waals surface area contributed by atoms with E-state index >= 15 is 0 Å². The summed E-state index contributed by atoms with van der Waals surface area (Å²) in [6.07, 6.45) is 3.10. The largest absolute Gasteiger partial charge is 0.393 e.